The molecule has 0 aromatic heterocycles. The normalized spacial score (nSPS) is 24.8. The van der Waals surface area contributed by atoms with Crippen LogP contribution < -0.4 is 0 Å². The molecule has 4 N–H and O–H groups in total. The Hall–Kier alpha value is -0.770. The molecule has 1 aliphatic heterocycles. The van der Waals surface area contributed by atoms with Gasteiger partial charge in [0.15, 0.2) is 6.29 Å². The van der Waals surface area contributed by atoms with Crippen LogP contribution in [0.5, 0.6) is 0 Å². The molecular formula is C29H56O8. The lowest BCUT2D eigenvalue weighted by Crippen LogP contribution is -2.59. The molecule has 1 saturated heterocycles. The minimum absolute atomic E-state index is 0.0908. The number of unbranched alkanes of at least 4 members (excludes halogenated alkanes) is 14. The van der Waals surface area contributed by atoms with E-state index in [4.69, 9.17) is 9.47 Å². The Morgan fingerprint density at radius 3 is 1.70 bits per heavy atom. The molecule has 0 radical (unpaired) electrons. The fraction of sp³-hybridized carbons (Fsp3) is 0.966. The zero-order valence-electron chi connectivity index (χ0n) is 23.5. The first-order chi connectivity index (χ1) is 17.9. The highest BCUT2D eigenvalue weighted by Crippen LogP contribution is 2.26. The Kier molecular flexibility index (Phi) is 20.5. The van der Waals surface area contributed by atoms with Crippen LogP contribution in [0.3, 0.4) is 0 Å². The minimum atomic E-state index is -1.41. The van der Waals surface area contributed by atoms with Crippen molar-refractivity contribution in [3.8, 4) is 0 Å². The molecule has 6 atom stereocenters. The fourth-order valence-corrected chi connectivity index (χ4v) is 4.96. The van der Waals surface area contributed by atoms with Crippen molar-refractivity contribution in [2.45, 2.75) is 166 Å². The van der Waals surface area contributed by atoms with Crippen LogP contribution in [0.2, 0.25) is 0 Å². The molecule has 0 saturated carbocycles. The van der Waals surface area contributed by atoms with E-state index in [-0.39, 0.29) is 12.1 Å². The summed E-state index contributed by atoms with van der Waals surface area (Å²) in [6.07, 6.45) is 14.6. The topological polar surface area (TPSA) is 126 Å². The first kappa shape index (κ1) is 34.3. The predicted molar refractivity (Wildman–Crippen MR) is 144 cm³/mol. The number of carbonyl (C=O) groups is 1. The largest absolute Gasteiger partial charge is 0.469 e. The standard InChI is InChI=1S/C29H56O8/c1-3-4-5-6-10-13-16-19-23(36-29-28(34)27(33)26(32)24(22-30)37-29)20-17-14-11-8-7-9-12-15-18-21-25(31)35-2/h23-24,26-30,32-34H,3-22H2,1-2H3/t23?,24-,26-,27+,28-,29?/m1/s1. The Bertz CT molecular complexity index is 544. The minimum Gasteiger partial charge on any atom is -0.469 e. The van der Waals surface area contributed by atoms with Crippen LogP contribution in [0, 0.1) is 0 Å². The number of rotatable bonds is 23. The molecule has 37 heavy (non-hydrogen) atoms. The Labute approximate surface area is 225 Å². The van der Waals surface area contributed by atoms with Crippen LogP contribution in [-0.4, -0.2) is 76.9 Å². The summed E-state index contributed by atoms with van der Waals surface area (Å²) in [7, 11) is 1.43. The number of aliphatic hydroxyl groups is 4. The zero-order valence-corrected chi connectivity index (χ0v) is 23.5. The predicted octanol–water partition coefficient (Wildman–Crippen LogP) is 4.78. The van der Waals surface area contributed by atoms with Gasteiger partial charge in [-0.15, -0.1) is 0 Å². The maximum Gasteiger partial charge on any atom is 0.305 e. The quantitative estimate of drug-likeness (QED) is 0.109. The maximum absolute atomic E-state index is 11.1. The molecule has 0 bridgehead atoms. The van der Waals surface area contributed by atoms with E-state index in [2.05, 4.69) is 11.7 Å². The average molecular weight is 533 g/mol. The van der Waals surface area contributed by atoms with E-state index in [9.17, 15) is 25.2 Å². The molecule has 1 fully saturated rings. The second-order valence-corrected chi connectivity index (χ2v) is 10.7. The van der Waals surface area contributed by atoms with E-state index < -0.39 is 37.3 Å². The summed E-state index contributed by atoms with van der Waals surface area (Å²) in [4.78, 5) is 11.1. The van der Waals surface area contributed by atoms with Crippen LogP contribution in [0.1, 0.15) is 129 Å². The first-order valence-corrected chi connectivity index (χ1v) is 15.0. The third-order valence-corrected chi connectivity index (χ3v) is 7.44. The summed E-state index contributed by atoms with van der Waals surface area (Å²) in [6.45, 7) is 1.77. The average Bonchev–Trinajstić information content (AvgIpc) is 2.90. The van der Waals surface area contributed by atoms with Gasteiger partial charge in [0.25, 0.3) is 0 Å². The fourth-order valence-electron chi connectivity index (χ4n) is 4.96. The molecule has 0 aromatic rings. The van der Waals surface area contributed by atoms with Gasteiger partial charge < -0.3 is 34.6 Å². The molecule has 2 unspecified atom stereocenters. The number of aliphatic hydroxyl groups excluding tert-OH is 4. The van der Waals surface area contributed by atoms with Crippen molar-refractivity contribution in [1.82, 2.24) is 0 Å². The molecule has 8 nitrogen and oxygen atoms in total. The smallest absolute Gasteiger partial charge is 0.305 e. The Morgan fingerprint density at radius 1 is 0.730 bits per heavy atom. The lowest BCUT2D eigenvalue weighted by atomic mass is 9.98. The lowest BCUT2D eigenvalue weighted by Gasteiger charge is -2.41. The molecule has 0 spiro atoms. The summed E-state index contributed by atoms with van der Waals surface area (Å²) >= 11 is 0. The molecule has 1 heterocycles. The summed E-state index contributed by atoms with van der Waals surface area (Å²) in [5.74, 6) is -0.124. The second-order valence-electron chi connectivity index (χ2n) is 10.7. The van der Waals surface area contributed by atoms with Gasteiger partial charge in [-0.25, -0.2) is 0 Å². The first-order valence-electron chi connectivity index (χ1n) is 15.0. The highest BCUT2D eigenvalue weighted by atomic mass is 16.7. The highest BCUT2D eigenvalue weighted by Gasteiger charge is 2.44. The number of hydrogen-bond acceptors (Lipinski definition) is 8. The lowest BCUT2D eigenvalue weighted by molar-refractivity contribution is -0.312. The molecule has 1 rings (SSSR count). The highest BCUT2D eigenvalue weighted by molar-refractivity contribution is 5.68. The van der Waals surface area contributed by atoms with Crippen molar-refractivity contribution < 1.29 is 39.4 Å². The molecule has 0 amide bonds. The van der Waals surface area contributed by atoms with E-state index in [1.807, 2.05) is 0 Å². The number of esters is 1. The van der Waals surface area contributed by atoms with Gasteiger partial charge in [-0.1, -0.05) is 103 Å². The molecular weight excluding hydrogens is 476 g/mol. The van der Waals surface area contributed by atoms with E-state index in [1.165, 1.54) is 64.9 Å². The van der Waals surface area contributed by atoms with E-state index in [0.29, 0.717) is 6.42 Å². The van der Waals surface area contributed by atoms with Gasteiger partial charge in [-0.3, -0.25) is 4.79 Å². The van der Waals surface area contributed by atoms with Gasteiger partial charge in [0.05, 0.1) is 19.8 Å². The number of hydrogen-bond donors (Lipinski definition) is 4. The van der Waals surface area contributed by atoms with Crippen LogP contribution in [0.15, 0.2) is 0 Å². The van der Waals surface area contributed by atoms with Crippen molar-refractivity contribution in [2.75, 3.05) is 13.7 Å². The zero-order chi connectivity index (χ0) is 27.3. The van der Waals surface area contributed by atoms with Crippen molar-refractivity contribution in [3.63, 3.8) is 0 Å². The van der Waals surface area contributed by atoms with Crippen LogP contribution in [0.4, 0.5) is 0 Å². The van der Waals surface area contributed by atoms with Crippen molar-refractivity contribution in [2.24, 2.45) is 0 Å². The molecule has 0 aliphatic carbocycles. The van der Waals surface area contributed by atoms with Gasteiger partial charge >= 0.3 is 5.97 Å². The van der Waals surface area contributed by atoms with Gasteiger partial charge in [0.2, 0.25) is 0 Å². The van der Waals surface area contributed by atoms with Crippen molar-refractivity contribution in [1.29, 1.82) is 0 Å². The monoisotopic (exact) mass is 532 g/mol. The Morgan fingerprint density at radius 2 is 1.22 bits per heavy atom. The van der Waals surface area contributed by atoms with Crippen LogP contribution in [-0.2, 0) is 19.0 Å². The summed E-state index contributed by atoms with van der Waals surface area (Å²) < 4.78 is 16.4. The van der Waals surface area contributed by atoms with Gasteiger partial charge in [0, 0.05) is 6.42 Å². The summed E-state index contributed by atoms with van der Waals surface area (Å²) in [5, 5.41) is 40.0. The number of carbonyl (C=O) groups excluding carboxylic acids is 1. The third kappa shape index (κ3) is 15.4. The van der Waals surface area contributed by atoms with Gasteiger partial charge in [-0.2, -0.15) is 0 Å². The molecule has 220 valence electrons. The van der Waals surface area contributed by atoms with Crippen LogP contribution >= 0.6 is 0 Å². The van der Waals surface area contributed by atoms with Gasteiger partial charge in [-0.05, 0) is 19.3 Å². The van der Waals surface area contributed by atoms with Gasteiger partial charge in [0.1, 0.15) is 24.4 Å². The van der Waals surface area contributed by atoms with E-state index >= 15 is 0 Å². The Balaban J connectivity index is 2.33. The maximum atomic E-state index is 11.1. The molecule has 8 heteroatoms. The molecule has 1 aliphatic rings. The number of ether oxygens (including phenoxy) is 3. The van der Waals surface area contributed by atoms with Crippen LogP contribution in [0.25, 0.3) is 0 Å². The van der Waals surface area contributed by atoms with E-state index in [1.54, 1.807) is 0 Å². The summed E-state index contributed by atoms with van der Waals surface area (Å²) in [6, 6.07) is 0. The summed E-state index contributed by atoms with van der Waals surface area (Å²) in [5.41, 5.74) is 0. The van der Waals surface area contributed by atoms with Crippen molar-refractivity contribution in [3.05, 3.63) is 0 Å². The second kappa shape index (κ2) is 22.1. The van der Waals surface area contributed by atoms with Crippen molar-refractivity contribution >= 4 is 5.97 Å². The number of methoxy groups -OCH3 is 1. The van der Waals surface area contributed by atoms with E-state index in [0.717, 1.165) is 57.8 Å². The molecule has 0 aromatic carbocycles. The third-order valence-electron chi connectivity index (χ3n) is 7.44. The SMILES string of the molecule is CCCCCCCCCC(CCCCCCCCCCCC(=O)OC)OC1O[C@H](CO)[C@@H](O)[C@H](O)[C@H]1O.